The van der Waals surface area contributed by atoms with Crippen molar-refractivity contribution in [3.05, 3.63) is 47.3 Å². The van der Waals surface area contributed by atoms with Crippen LogP contribution in [-0.2, 0) is 11.2 Å². The largest absolute Gasteiger partial charge is 0.353 e. The molecule has 0 unspecified atom stereocenters. The number of para-hydroxylation sites is 1. The van der Waals surface area contributed by atoms with E-state index in [1.807, 2.05) is 29.8 Å². The summed E-state index contributed by atoms with van der Waals surface area (Å²) < 4.78 is 1.96. The zero-order valence-electron chi connectivity index (χ0n) is 17.9. The molecule has 1 amide bonds. The molecule has 0 aliphatic heterocycles. The minimum Gasteiger partial charge on any atom is -0.353 e. The van der Waals surface area contributed by atoms with Gasteiger partial charge >= 0.3 is 0 Å². The lowest BCUT2D eigenvalue weighted by Crippen LogP contribution is -2.56. The van der Waals surface area contributed by atoms with Gasteiger partial charge in [0.2, 0.25) is 5.91 Å². The molecule has 0 spiro atoms. The summed E-state index contributed by atoms with van der Waals surface area (Å²) in [5.41, 5.74) is 4.46. The van der Waals surface area contributed by atoms with Crippen LogP contribution in [0.2, 0.25) is 0 Å². The van der Waals surface area contributed by atoms with Gasteiger partial charge in [-0.2, -0.15) is 5.10 Å². The standard InChI is InChI=1S/C25H33N3O/c1-16-23(17(2)28(27-16)22-7-5-4-6-8-22)12-24(29)26-18(3)25-13-19-9-20(14-25)11-21(10-19)15-25/h4-8,18-21H,9-15H2,1-3H3,(H,26,29)/t18-,19?,20?,21?,25?/m0/s1. The van der Waals surface area contributed by atoms with E-state index in [1.165, 1.54) is 38.5 Å². The molecule has 4 heteroatoms. The maximum absolute atomic E-state index is 13.0. The summed E-state index contributed by atoms with van der Waals surface area (Å²) in [5, 5.41) is 8.12. The monoisotopic (exact) mass is 391 g/mol. The molecule has 4 saturated carbocycles. The van der Waals surface area contributed by atoms with Crippen LogP contribution >= 0.6 is 0 Å². The average molecular weight is 392 g/mol. The van der Waals surface area contributed by atoms with Gasteiger partial charge in [-0.1, -0.05) is 18.2 Å². The smallest absolute Gasteiger partial charge is 0.224 e. The minimum absolute atomic E-state index is 0.145. The van der Waals surface area contributed by atoms with Crippen LogP contribution in [0.15, 0.2) is 30.3 Å². The highest BCUT2D eigenvalue weighted by molar-refractivity contribution is 5.79. The molecular weight excluding hydrogens is 358 g/mol. The van der Waals surface area contributed by atoms with Crippen LogP contribution in [0, 0.1) is 37.0 Å². The number of rotatable bonds is 5. The lowest BCUT2D eigenvalue weighted by Gasteiger charge is -2.59. The second-order valence-electron chi connectivity index (χ2n) is 10.1. The zero-order valence-corrected chi connectivity index (χ0v) is 17.9. The summed E-state index contributed by atoms with van der Waals surface area (Å²) in [6, 6.07) is 10.4. The number of carbonyl (C=O) groups excluding carboxylic acids is 1. The quantitative estimate of drug-likeness (QED) is 0.799. The molecule has 1 N–H and O–H groups in total. The van der Waals surface area contributed by atoms with E-state index in [9.17, 15) is 4.79 Å². The van der Waals surface area contributed by atoms with Crippen molar-refractivity contribution >= 4 is 5.91 Å². The van der Waals surface area contributed by atoms with Crippen molar-refractivity contribution in [2.75, 3.05) is 0 Å². The summed E-state index contributed by atoms with van der Waals surface area (Å²) in [7, 11) is 0. The third-order valence-corrected chi connectivity index (χ3v) is 8.16. The highest BCUT2D eigenvalue weighted by atomic mass is 16.1. The van der Waals surface area contributed by atoms with Gasteiger partial charge in [-0.15, -0.1) is 0 Å². The van der Waals surface area contributed by atoms with Crippen molar-refractivity contribution in [1.82, 2.24) is 15.1 Å². The van der Waals surface area contributed by atoms with Gasteiger partial charge in [-0.05, 0) is 94.6 Å². The molecular formula is C25H33N3O. The maximum atomic E-state index is 13.0. The van der Waals surface area contributed by atoms with Crippen LogP contribution in [0.1, 0.15) is 62.4 Å². The molecule has 1 atom stereocenters. The number of nitrogens with zero attached hydrogens (tertiary/aromatic N) is 2. The zero-order chi connectivity index (χ0) is 20.2. The Labute approximate surface area is 174 Å². The Kier molecular flexibility index (Phi) is 4.56. The normalized spacial score (nSPS) is 31.1. The molecule has 4 nitrogen and oxygen atoms in total. The molecule has 6 rings (SSSR count). The van der Waals surface area contributed by atoms with Gasteiger partial charge in [0.25, 0.3) is 0 Å². The first-order valence-corrected chi connectivity index (χ1v) is 11.3. The fraction of sp³-hybridized carbons (Fsp3) is 0.600. The topological polar surface area (TPSA) is 46.9 Å². The number of hydrogen-bond acceptors (Lipinski definition) is 2. The molecule has 1 aromatic carbocycles. The second-order valence-corrected chi connectivity index (χ2v) is 10.1. The Balaban J connectivity index is 1.30. The van der Waals surface area contributed by atoms with Crippen molar-refractivity contribution in [3.63, 3.8) is 0 Å². The average Bonchev–Trinajstić information content (AvgIpc) is 2.96. The molecule has 154 valence electrons. The van der Waals surface area contributed by atoms with Crippen molar-refractivity contribution in [3.8, 4) is 5.69 Å². The van der Waals surface area contributed by atoms with Gasteiger partial charge in [0, 0.05) is 17.3 Å². The predicted molar refractivity (Wildman–Crippen MR) is 115 cm³/mol. The molecule has 2 aromatic rings. The molecule has 1 heterocycles. The van der Waals surface area contributed by atoms with Gasteiger partial charge in [0.05, 0.1) is 17.8 Å². The van der Waals surface area contributed by atoms with Crippen LogP contribution in [0.4, 0.5) is 0 Å². The summed E-state index contributed by atoms with van der Waals surface area (Å²) in [4.78, 5) is 13.0. The number of benzene rings is 1. The van der Waals surface area contributed by atoms with Gasteiger partial charge < -0.3 is 5.32 Å². The van der Waals surface area contributed by atoms with Crippen LogP contribution in [0.3, 0.4) is 0 Å². The first-order chi connectivity index (χ1) is 13.9. The van der Waals surface area contributed by atoms with E-state index < -0.39 is 0 Å². The Morgan fingerprint density at radius 3 is 2.28 bits per heavy atom. The SMILES string of the molecule is Cc1nn(-c2ccccc2)c(C)c1CC(=O)N[C@@H](C)C12CC3CC(CC(C3)C1)C2. The van der Waals surface area contributed by atoms with Gasteiger partial charge in [0.15, 0.2) is 0 Å². The number of carbonyl (C=O) groups is 1. The second kappa shape index (κ2) is 7.00. The third kappa shape index (κ3) is 3.31. The predicted octanol–water partition coefficient (Wildman–Crippen LogP) is 4.75. The van der Waals surface area contributed by atoms with Gasteiger partial charge in [0.1, 0.15) is 0 Å². The Hall–Kier alpha value is -2.10. The van der Waals surface area contributed by atoms with Crippen molar-refractivity contribution in [1.29, 1.82) is 0 Å². The van der Waals surface area contributed by atoms with Crippen molar-refractivity contribution in [2.24, 2.45) is 23.2 Å². The highest BCUT2D eigenvalue weighted by Gasteiger charge is 2.53. The first kappa shape index (κ1) is 18.9. The third-order valence-electron chi connectivity index (χ3n) is 8.16. The van der Waals surface area contributed by atoms with E-state index in [-0.39, 0.29) is 11.9 Å². The number of nitrogens with one attached hydrogen (secondary N) is 1. The van der Waals surface area contributed by atoms with E-state index in [4.69, 9.17) is 5.10 Å². The number of hydrogen-bond donors (Lipinski definition) is 1. The van der Waals surface area contributed by atoms with Gasteiger partial charge in [-0.3, -0.25) is 4.79 Å². The highest BCUT2D eigenvalue weighted by Crippen LogP contribution is 2.61. The summed E-state index contributed by atoms with van der Waals surface area (Å²) in [5.74, 6) is 2.88. The Morgan fingerprint density at radius 1 is 1.10 bits per heavy atom. The number of amides is 1. The minimum atomic E-state index is 0.145. The lowest BCUT2D eigenvalue weighted by atomic mass is 9.48. The lowest BCUT2D eigenvalue weighted by molar-refractivity contribution is -0.125. The van der Waals surface area contributed by atoms with Crippen LogP contribution in [0.25, 0.3) is 5.69 Å². The number of aromatic nitrogens is 2. The maximum Gasteiger partial charge on any atom is 0.224 e. The van der Waals surface area contributed by atoms with E-state index in [0.717, 1.165) is 40.4 Å². The van der Waals surface area contributed by atoms with E-state index in [0.29, 0.717) is 11.8 Å². The molecule has 0 saturated heterocycles. The fourth-order valence-electron chi connectivity index (χ4n) is 7.07. The van der Waals surface area contributed by atoms with Crippen molar-refractivity contribution in [2.45, 2.75) is 71.8 Å². The molecule has 4 bridgehead atoms. The van der Waals surface area contributed by atoms with E-state index >= 15 is 0 Å². The molecule has 4 fully saturated rings. The summed E-state index contributed by atoms with van der Waals surface area (Å²) >= 11 is 0. The van der Waals surface area contributed by atoms with Crippen LogP contribution in [0.5, 0.6) is 0 Å². The van der Waals surface area contributed by atoms with Crippen LogP contribution in [-0.4, -0.2) is 21.7 Å². The Morgan fingerprint density at radius 2 is 1.69 bits per heavy atom. The number of aryl methyl sites for hydroxylation is 1. The summed E-state index contributed by atoms with van der Waals surface area (Å²) in [6.07, 6.45) is 8.71. The molecule has 29 heavy (non-hydrogen) atoms. The molecule has 4 aliphatic rings. The van der Waals surface area contributed by atoms with Crippen molar-refractivity contribution < 1.29 is 4.79 Å². The molecule has 0 radical (unpaired) electrons. The van der Waals surface area contributed by atoms with Crippen LogP contribution < -0.4 is 5.32 Å². The molecule has 1 aromatic heterocycles. The summed E-state index contributed by atoms with van der Waals surface area (Å²) in [6.45, 7) is 6.34. The van der Waals surface area contributed by atoms with Gasteiger partial charge in [-0.25, -0.2) is 4.68 Å². The van der Waals surface area contributed by atoms with E-state index in [2.05, 4.69) is 31.3 Å². The fourth-order valence-corrected chi connectivity index (χ4v) is 7.07. The first-order valence-electron chi connectivity index (χ1n) is 11.3. The Bertz CT molecular complexity index is 878. The van der Waals surface area contributed by atoms with E-state index in [1.54, 1.807) is 0 Å². The molecule has 4 aliphatic carbocycles.